The van der Waals surface area contributed by atoms with Crippen molar-refractivity contribution in [1.29, 1.82) is 0 Å². The van der Waals surface area contributed by atoms with Gasteiger partial charge in [0, 0.05) is 11.1 Å². The van der Waals surface area contributed by atoms with Crippen LogP contribution in [-0.2, 0) is 4.74 Å². The standard InChI is InChI=1S/C15H18ClNO4/c1-8-9(16)6-11(20-5)13-12(8)10(18)7-17(13)14(19)21-15(2,3)4/h6H,7H2,1-5H3. The number of rotatable bonds is 1. The summed E-state index contributed by atoms with van der Waals surface area (Å²) in [5.74, 6) is 0.214. The molecule has 1 amide bonds. The van der Waals surface area contributed by atoms with Gasteiger partial charge in [0.1, 0.15) is 17.0 Å². The maximum Gasteiger partial charge on any atom is 0.415 e. The van der Waals surface area contributed by atoms with Crippen molar-refractivity contribution in [2.24, 2.45) is 0 Å². The van der Waals surface area contributed by atoms with Crippen molar-refractivity contribution in [3.8, 4) is 5.75 Å². The molecule has 0 saturated heterocycles. The van der Waals surface area contributed by atoms with Crippen molar-refractivity contribution in [1.82, 2.24) is 0 Å². The number of fused-ring (bicyclic) bond motifs is 1. The minimum absolute atomic E-state index is 0.0677. The second kappa shape index (κ2) is 5.22. The van der Waals surface area contributed by atoms with E-state index < -0.39 is 11.7 Å². The predicted molar refractivity (Wildman–Crippen MR) is 80.7 cm³/mol. The summed E-state index contributed by atoms with van der Waals surface area (Å²) in [5, 5.41) is 0.435. The van der Waals surface area contributed by atoms with Gasteiger partial charge in [0.25, 0.3) is 0 Å². The average Bonchev–Trinajstić information content (AvgIpc) is 2.70. The number of nitrogens with zero attached hydrogens (tertiary/aromatic N) is 1. The number of Topliss-reactive ketones (excluding diaryl/α,β-unsaturated/α-hetero) is 1. The van der Waals surface area contributed by atoms with Crippen LogP contribution < -0.4 is 9.64 Å². The molecule has 0 spiro atoms. The van der Waals surface area contributed by atoms with Crippen LogP contribution in [-0.4, -0.2) is 31.1 Å². The van der Waals surface area contributed by atoms with E-state index in [1.807, 2.05) is 0 Å². The summed E-state index contributed by atoms with van der Waals surface area (Å²) in [6, 6.07) is 1.60. The van der Waals surface area contributed by atoms with E-state index in [0.717, 1.165) is 0 Å². The fraction of sp³-hybridized carbons (Fsp3) is 0.467. The van der Waals surface area contributed by atoms with Gasteiger partial charge < -0.3 is 9.47 Å². The summed E-state index contributed by atoms with van der Waals surface area (Å²) >= 11 is 6.11. The van der Waals surface area contributed by atoms with Gasteiger partial charge in [0.15, 0.2) is 5.78 Å². The Kier molecular flexibility index (Phi) is 3.89. The van der Waals surface area contributed by atoms with Crippen LogP contribution in [0, 0.1) is 6.92 Å². The zero-order valence-corrected chi connectivity index (χ0v) is 13.5. The van der Waals surface area contributed by atoms with Gasteiger partial charge in [0.05, 0.1) is 19.2 Å². The van der Waals surface area contributed by atoms with E-state index in [0.29, 0.717) is 27.6 Å². The van der Waals surface area contributed by atoms with Crippen LogP contribution in [0.5, 0.6) is 5.75 Å². The Labute approximate surface area is 128 Å². The molecule has 1 heterocycles. The maximum atomic E-state index is 12.3. The molecule has 114 valence electrons. The van der Waals surface area contributed by atoms with Crippen molar-refractivity contribution in [2.75, 3.05) is 18.6 Å². The second-order valence-electron chi connectivity index (χ2n) is 5.90. The van der Waals surface area contributed by atoms with E-state index in [2.05, 4.69) is 0 Å². The highest BCUT2D eigenvalue weighted by atomic mass is 35.5. The largest absolute Gasteiger partial charge is 0.494 e. The molecule has 1 aromatic rings. The summed E-state index contributed by atoms with van der Waals surface area (Å²) in [6.45, 7) is 7.00. The summed E-state index contributed by atoms with van der Waals surface area (Å²) in [5.41, 5.74) is 0.852. The third-order valence-corrected chi connectivity index (χ3v) is 3.54. The SMILES string of the molecule is COc1cc(Cl)c(C)c2c1N(C(=O)OC(C)(C)C)CC2=O. The van der Waals surface area contributed by atoms with E-state index >= 15 is 0 Å². The van der Waals surface area contributed by atoms with Crippen LogP contribution in [0.15, 0.2) is 6.07 Å². The lowest BCUT2D eigenvalue weighted by Gasteiger charge is -2.25. The Morgan fingerprint density at radius 3 is 2.52 bits per heavy atom. The van der Waals surface area contributed by atoms with E-state index in [-0.39, 0.29) is 12.3 Å². The van der Waals surface area contributed by atoms with Crippen molar-refractivity contribution in [3.63, 3.8) is 0 Å². The first-order valence-electron chi connectivity index (χ1n) is 6.56. The molecule has 0 saturated carbocycles. The Morgan fingerprint density at radius 2 is 2.00 bits per heavy atom. The van der Waals surface area contributed by atoms with Gasteiger partial charge in [-0.1, -0.05) is 11.6 Å². The summed E-state index contributed by atoms with van der Waals surface area (Å²) < 4.78 is 10.6. The summed E-state index contributed by atoms with van der Waals surface area (Å²) in [7, 11) is 1.47. The summed E-state index contributed by atoms with van der Waals surface area (Å²) in [6.07, 6.45) is -0.574. The Morgan fingerprint density at radius 1 is 1.38 bits per heavy atom. The first-order chi connectivity index (χ1) is 9.65. The Hall–Kier alpha value is -1.75. The number of ether oxygens (including phenoxy) is 2. The van der Waals surface area contributed by atoms with E-state index in [4.69, 9.17) is 21.1 Å². The summed E-state index contributed by atoms with van der Waals surface area (Å²) in [4.78, 5) is 25.8. The lowest BCUT2D eigenvalue weighted by Crippen LogP contribution is -2.36. The van der Waals surface area contributed by atoms with Crippen molar-refractivity contribution in [3.05, 3.63) is 22.2 Å². The number of halogens is 1. The van der Waals surface area contributed by atoms with Gasteiger partial charge in [-0.05, 0) is 33.3 Å². The molecule has 0 atom stereocenters. The van der Waals surface area contributed by atoms with Crippen molar-refractivity contribution >= 4 is 29.2 Å². The highest BCUT2D eigenvalue weighted by Crippen LogP contribution is 2.42. The number of amides is 1. The van der Waals surface area contributed by atoms with Crippen molar-refractivity contribution in [2.45, 2.75) is 33.3 Å². The fourth-order valence-corrected chi connectivity index (χ4v) is 2.44. The van der Waals surface area contributed by atoms with Crippen LogP contribution in [0.4, 0.5) is 10.5 Å². The molecule has 0 fully saturated rings. The molecule has 0 unspecified atom stereocenters. The molecule has 1 aliphatic heterocycles. The fourth-order valence-electron chi connectivity index (χ4n) is 2.25. The first-order valence-corrected chi connectivity index (χ1v) is 6.94. The molecule has 5 nitrogen and oxygen atoms in total. The number of carbonyl (C=O) groups is 2. The average molecular weight is 312 g/mol. The van der Waals surface area contributed by atoms with E-state index in [1.165, 1.54) is 12.0 Å². The number of hydrogen-bond donors (Lipinski definition) is 0. The van der Waals surface area contributed by atoms with E-state index in [1.54, 1.807) is 33.8 Å². The molecule has 21 heavy (non-hydrogen) atoms. The second-order valence-corrected chi connectivity index (χ2v) is 6.31. The lowest BCUT2D eigenvalue weighted by molar-refractivity contribution is 0.0578. The molecule has 0 radical (unpaired) electrons. The van der Waals surface area contributed by atoms with Gasteiger partial charge in [-0.3, -0.25) is 9.69 Å². The molecule has 0 N–H and O–H groups in total. The maximum absolute atomic E-state index is 12.3. The van der Waals surface area contributed by atoms with Crippen LogP contribution >= 0.6 is 11.6 Å². The van der Waals surface area contributed by atoms with Gasteiger partial charge >= 0.3 is 6.09 Å². The van der Waals surface area contributed by atoms with Crippen molar-refractivity contribution < 1.29 is 19.1 Å². The molecule has 1 aliphatic rings. The number of ketones is 1. The Balaban J connectivity index is 2.52. The normalized spacial score (nSPS) is 14.2. The van der Waals surface area contributed by atoms with Gasteiger partial charge in [0.2, 0.25) is 0 Å². The lowest BCUT2D eigenvalue weighted by atomic mass is 10.0. The number of anilines is 1. The molecule has 6 heteroatoms. The monoisotopic (exact) mass is 311 g/mol. The number of benzene rings is 1. The Bertz CT molecular complexity index is 619. The molecular formula is C15H18ClNO4. The van der Waals surface area contributed by atoms with E-state index in [9.17, 15) is 9.59 Å². The van der Waals surface area contributed by atoms with Crippen LogP contribution in [0.25, 0.3) is 0 Å². The molecular weight excluding hydrogens is 294 g/mol. The first kappa shape index (κ1) is 15.6. The van der Waals surface area contributed by atoms with Gasteiger partial charge in [-0.15, -0.1) is 0 Å². The molecule has 0 bridgehead atoms. The van der Waals surface area contributed by atoms with Gasteiger partial charge in [-0.25, -0.2) is 4.79 Å². The number of carbonyl (C=O) groups excluding carboxylic acids is 2. The predicted octanol–water partition coefficient (Wildman–Crippen LogP) is 3.59. The highest BCUT2D eigenvalue weighted by Gasteiger charge is 2.38. The highest BCUT2D eigenvalue weighted by molar-refractivity contribution is 6.33. The van der Waals surface area contributed by atoms with Crippen LogP contribution in [0.2, 0.25) is 5.02 Å². The smallest absolute Gasteiger partial charge is 0.415 e. The zero-order valence-electron chi connectivity index (χ0n) is 12.7. The van der Waals surface area contributed by atoms with Gasteiger partial charge in [-0.2, -0.15) is 0 Å². The molecule has 1 aromatic carbocycles. The quantitative estimate of drug-likeness (QED) is 0.795. The zero-order chi connectivity index (χ0) is 15.9. The molecule has 0 aromatic heterocycles. The topological polar surface area (TPSA) is 55.8 Å². The number of methoxy groups -OCH3 is 1. The molecule has 2 rings (SSSR count). The van der Waals surface area contributed by atoms with Crippen LogP contribution in [0.3, 0.4) is 0 Å². The third kappa shape index (κ3) is 2.83. The minimum Gasteiger partial charge on any atom is -0.494 e. The van der Waals surface area contributed by atoms with Crippen LogP contribution in [0.1, 0.15) is 36.7 Å². The minimum atomic E-state index is -0.641. The number of hydrogen-bond acceptors (Lipinski definition) is 4. The third-order valence-electron chi connectivity index (χ3n) is 3.15. The molecule has 0 aliphatic carbocycles.